The molecular weight excluding hydrogens is 404 g/mol. The molecule has 2 heterocycles. The summed E-state index contributed by atoms with van der Waals surface area (Å²) in [6.07, 6.45) is 3.26. The highest BCUT2D eigenvalue weighted by molar-refractivity contribution is 7.89. The summed E-state index contributed by atoms with van der Waals surface area (Å²) in [7, 11) is -2.34. The number of carbonyl (C=O) groups is 1. The van der Waals surface area contributed by atoms with Gasteiger partial charge in [-0.1, -0.05) is 12.1 Å². The van der Waals surface area contributed by atoms with E-state index in [1.165, 1.54) is 23.8 Å². The third-order valence-corrected chi connectivity index (χ3v) is 6.99. The van der Waals surface area contributed by atoms with Gasteiger partial charge in [-0.15, -0.1) is 6.58 Å². The van der Waals surface area contributed by atoms with Crippen molar-refractivity contribution in [3.63, 3.8) is 0 Å². The summed E-state index contributed by atoms with van der Waals surface area (Å²) in [5.41, 5.74) is 0.849. The van der Waals surface area contributed by atoms with Crippen molar-refractivity contribution < 1.29 is 18.3 Å². The minimum absolute atomic E-state index is 0.0131. The Balaban J connectivity index is 1.99. The maximum atomic E-state index is 13.0. The number of hydrogen-bond donors (Lipinski definition) is 3. The summed E-state index contributed by atoms with van der Waals surface area (Å²) in [5, 5.41) is 22.4. The standard InChI is InChI=1S/C21H24N4O4S/c1-5-21(3,27)18-9-8-16-17(30(28,29)24-18)12-25(4)19(16)20(26)23-15-7-6-13(2)14(10-15)11-22/h5-7,10,12,18,24,27H,1,8-9H2,2-4H3,(H,23,26)/t18-,21-/m0/s1. The van der Waals surface area contributed by atoms with Gasteiger partial charge in [0.1, 0.15) is 10.6 Å². The largest absolute Gasteiger partial charge is 0.384 e. The van der Waals surface area contributed by atoms with Crippen LogP contribution >= 0.6 is 0 Å². The third kappa shape index (κ3) is 3.89. The molecule has 3 N–H and O–H groups in total. The number of sulfonamides is 1. The Morgan fingerprint density at radius 2 is 2.20 bits per heavy atom. The lowest BCUT2D eigenvalue weighted by Crippen LogP contribution is -2.49. The summed E-state index contributed by atoms with van der Waals surface area (Å²) in [6.45, 7) is 6.86. The van der Waals surface area contributed by atoms with E-state index in [0.717, 1.165) is 5.56 Å². The number of aromatic nitrogens is 1. The van der Waals surface area contributed by atoms with E-state index < -0.39 is 27.6 Å². The van der Waals surface area contributed by atoms with E-state index in [1.807, 2.05) is 0 Å². The Morgan fingerprint density at radius 1 is 1.50 bits per heavy atom. The Bertz CT molecular complexity index is 1170. The summed E-state index contributed by atoms with van der Waals surface area (Å²) in [5.74, 6) is -0.476. The smallest absolute Gasteiger partial charge is 0.272 e. The quantitative estimate of drug-likeness (QED) is 0.643. The Labute approximate surface area is 175 Å². The lowest BCUT2D eigenvalue weighted by Gasteiger charge is -2.29. The van der Waals surface area contributed by atoms with Crippen LogP contribution in [0.25, 0.3) is 0 Å². The summed E-state index contributed by atoms with van der Waals surface area (Å²) < 4.78 is 29.8. The zero-order valence-corrected chi connectivity index (χ0v) is 17.9. The van der Waals surface area contributed by atoms with E-state index in [1.54, 1.807) is 32.2 Å². The van der Waals surface area contributed by atoms with Crippen molar-refractivity contribution in [2.24, 2.45) is 7.05 Å². The molecule has 8 nitrogen and oxygen atoms in total. The average Bonchev–Trinajstić information content (AvgIpc) is 2.97. The van der Waals surface area contributed by atoms with Gasteiger partial charge in [0, 0.05) is 24.5 Å². The number of benzene rings is 1. The molecule has 30 heavy (non-hydrogen) atoms. The van der Waals surface area contributed by atoms with Gasteiger partial charge >= 0.3 is 0 Å². The molecule has 1 aromatic carbocycles. The molecule has 3 rings (SSSR count). The Morgan fingerprint density at radius 3 is 2.83 bits per heavy atom. The lowest BCUT2D eigenvalue weighted by atomic mass is 9.92. The molecule has 0 spiro atoms. The molecule has 0 saturated heterocycles. The summed E-state index contributed by atoms with van der Waals surface area (Å²) in [6, 6.07) is 6.29. The minimum atomic E-state index is -3.95. The van der Waals surface area contributed by atoms with Crippen LogP contribution in [-0.4, -0.2) is 35.6 Å². The van der Waals surface area contributed by atoms with Crippen LogP contribution < -0.4 is 10.0 Å². The number of aliphatic hydroxyl groups is 1. The van der Waals surface area contributed by atoms with Crippen molar-refractivity contribution >= 4 is 21.6 Å². The molecule has 1 aliphatic rings. The van der Waals surface area contributed by atoms with Crippen molar-refractivity contribution in [1.29, 1.82) is 5.26 Å². The van der Waals surface area contributed by atoms with E-state index in [0.29, 0.717) is 23.2 Å². The lowest BCUT2D eigenvalue weighted by molar-refractivity contribution is 0.0731. The van der Waals surface area contributed by atoms with E-state index in [4.69, 9.17) is 0 Å². The van der Waals surface area contributed by atoms with E-state index in [2.05, 4.69) is 22.7 Å². The van der Waals surface area contributed by atoms with Gasteiger partial charge in [0.15, 0.2) is 0 Å². The Kier molecular flexibility index (Phi) is 5.60. The molecular formula is C21H24N4O4S. The third-order valence-electron chi connectivity index (χ3n) is 5.47. The maximum Gasteiger partial charge on any atom is 0.272 e. The number of amides is 1. The van der Waals surface area contributed by atoms with Gasteiger partial charge in [0.05, 0.1) is 23.3 Å². The van der Waals surface area contributed by atoms with Crippen molar-refractivity contribution in [3.8, 4) is 6.07 Å². The number of hydrogen-bond acceptors (Lipinski definition) is 5. The van der Waals surface area contributed by atoms with Gasteiger partial charge < -0.3 is 15.0 Å². The van der Waals surface area contributed by atoms with Crippen LogP contribution in [0.1, 0.15) is 40.5 Å². The van der Waals surface area contributed by atoms with Crippen LogP contribution in [0, 0.1) is 18.3 Å². The fourth-order valence-corrected chi connectivity index (χ4v) is 5.26. The number of rotatable bonds is 4. The highest BCUT2D eigenvalue weighted by Crippen LogP contribution is 2.30. The first-order chi connectivity index (χ1) is 14.0. The monoisotopic (exact) mass is 428 g/mol. The highest BCUT2D eigenvalue weighted by atomic mass is 32.2. The van der Waals surface area contributed by atoms with Crippen molar-refractivity contribution in [2.45, 2.75) is 43.2 Å². The second-order valence-electron chi connectivity index (χ2n) is 7.67. The van der Waals surface area contributed by atoms with E-state index in [-0.39, 0.29) is 17.0 Å². The number of aryl methyl sites for hydroxylation is 2. The van der Waals surface area contributed by atoms with Crippen LogP contribution in [0.5, 0.6) is 0 Å². The van der Waals surface area contributed by atoms with Crippen molar-refractivity contribution in [3.05, 3.63) is 59.4 Å². The van der Waals surface area contributed by atoms with Gasteiger partial charge in [-0.3, -0.25) is 4.79 Å². The first-order valence-electron chi connectivity index (χ1n) is 9.38. The van der Waals surface area contributed by atoms with Gasteiger partial charge in [0.25, 0.3) is 5.91 Å². The number of anilines is 1. The minimum Gasteiger partial charge on any atom is -0.384 e. The maximum absolute atomic E-state index is 13.0. The van der Waals surface area contributed by atoms with Gasteiger partial charge in [-0.05, 0) is 44.4 Å². The average molecular weight is 429 g/mol. The topological polar surface area (TPSA) is 124 Å². The molecule has 1 aliphatic heterocycles. The van der Waals surface area contributed by atoms with Gasteiger partial charge in [-0.25, -0.2) is 13.1 Å². The van der Waals surface area contributed by atoms with Crippen LogP contribution in [-0.2, 0) is 23.5 Å². The first kappa shape index (κ1) is 21.8. The zero-order valence-electron chi connectivity index (χ0n) is 17.1. The SMILES string of the molecule is C=C[C@](C)(O)[C@@H]1CCc2c(cn(C)c2C(=O)Nc2ccc(C)c(C#N)c2)S(=O)(=O)N1. The molecule has 158 valence electrons. The molecule has 0 unspecified atom stereocenters. The number of carbonyl (C=O) groups excluding carboxylic acids is 1. The van der Waals surface area contributed by atoms with Crippen molar-refractivity contribution in [1.82, 2.24) is 9.29 Å². The summed E-state index contributed by atoms with van der Waals surface area (Å²) in [4.78, 5) is 13.0. The molecule has 0 saturated carbocycles. The molecule has 1 aromatic heterocycles. The number of nitriles is 1. The first-order valence-corrected chi connectivity index (χ1v) is 10.9. The second-order valence-corrected chi connectivity index (χ2v) is 9.35. The summed E-state index contributed by atoms with van der Waals surface area (Å²) >= 11 is 0. The van der Waals surface area contributed by atoms with Crippen LogP contribution in [0.15, 0.2) is 41.9 Å². The fourth-order valence-electron chi connectivity index (χ4n) is 3.58. The fraction of sp³-hybridized carbons (Fsp3) is 0.333. The van der Waals surface area contributed by atoms with E-state index in [9.17, 15) is 23.6 Å². The van der Waals surface area contributed by atoms with Crippen LogP contribution in [0.4, 0.5) is 5.69 Å². The second kappa shape index (κ2) is 7.72. The molecule has 2 aromatic rings. The predicted octanol–water partition coefficient (Wildman–Crippen LogP) is 1.99. The normalized spacial score (nSPS) is 19.6. The highest BCUT2D eigenvalue weighted by Gasteiger charge is 2.38. The molecule has 0 fully saturated rings. The molecule has 2 atom stereocenters. The van der Waals surface area contributed by atoms with Crippen LogP contribution in [0.3, 0.4) is 0 Å². The van der Waals surface area contributed by atoms with Gasteiger partial charge in [-0.2, -0.15) is 5.26 Å². The molecule has 9 heteroatoms. The predicted molar refractivity (Wildman–Crippen MR) is 113 cm³/mol. The molecule has 1 amide bonds. The van der Waals surface area contributed by atoms with E-state index >= 15 is 0 Å². The van der Waals surface area contributed by atoms with Crippen molar-refractivity contribution in [2.75, 3.05) is 5.32 Å². The number of nitrogens with zero attached hydrogens (tertiary/aromatic N) is 2. The Hall–Kier alpha value is -2.93. The number of fused-ring (bicyclic) bond motifs is 1. The molecule has 0 radical (unpaired) electrons. The van der Waals surface area contributed by atoms with Gasteiger partial charge in [0.2, 0.25) is 10.0 Å². The molecule has 0 aliphatic carbocycles. The molecule has 0 bridgehead atoms. The zero-order chi connectivity index (χ0) is 22.3. The number of nitrogens with one attached hydrogen (secondary N) is 2. The van der Waals surface area contributed by atoms with Crippen LogP contribution in [0.2, 0.25) is 0 Å².